The first kappa shape index (κ1) is 17.6. The highest BCUT2D eigenvalue weighted by molar-refractivity contribution is 9.10. The lowest BCUT2D eigenvalue weighted by Crippen LogP contribution is -2.18. The van der Waals surface area contributed by atoms with Crippen molar-refractivity contribution in [2.75, 3.05) is 26.9 Å². The molecule has 0 fully saturated rings. The monoisotopic (exact) mass is 343 g/mol. The lowest BCUT2D eigenvalue weighted by atomic mass is 10.1. The van der Waals surface area contributed by atoms with Crippen molar-refractivity contribution in [1.82, 2.24) is 5.32 Å². The van der Waals surface area contributed by atoms with Gasteiger partial charge in [0.1, 0.15) is 0 Å². The van der Waals surface area contributed by atoms with Crippen LogP contribution in [0, 0.1) is 5.92 Å². The van der Waals surface area contributed by atoms with Gasteiger partial charge in [0.05, 0.1) is 6.61 Å². The average molecular weight is 344 g/mol. The molecule has 0 atom stereocenters. The van der Waals surface area contributed by atoms with Crippen LogP contribution in [0.3, 0.4) is 0 Å². The van der Waals surface area contributed by atoms with Crippen molar-refractivity contribution in [1.29, 1.82) is 0 Å². The third-order valence-corrected chi connectivity index (χ3v) is 3.63. The topological polar surface area (TPSA) is 30.5 Å². The molecule has 0 saturated carbocycles. The summed E-state index contributed by atoms with van der Waals surface area (Å²) >= 11 is 3.62. The molecule has 0 aliphatic carbocycles. The normalized spacial score (nSPS) is 11.2. The van der Waals surface area contributed by atoms with Crippen molar-refractivity contribution in [2.24, 2.45) is 5.92 Å². The van der Waals surface area contributed by atoms with E-state index < -0.39 is 0 Å². The highest BCUT2D eigenvalue weighted by atomic mass is 79.9. The maximum Gasteiger partial charge on any atom is 0.0727 e. The number of hydrogen-bond acceptors (Lipinski definition) is 3. The highest BCUT2D eigenvalue weighted by Gasteiger charge is 2.02. The van der Waals surface area contributed by atoms with E-state index in [1.165, 1.54) is 11.1 Å². The van der Waals surface area contributed by atoms with Crippen LogP contribution in [0.4, 0.5) is 0 Å². The highest BCUT2D eigenvalue weighted by Crippen LogP contribution is 2.19. The van der Waals surface area contributed by atoms with Gasteiger partial charge in [0.15, 0.2) is 0 Å². The van der Waals surface area contributed by atoms with Crippen LogP contribution in [0.1, 0.15) is 31.4 Å². The summed E-state index contributed by atoms with van der Waals surface area (Å²) in [7, 11) is 1.71. The smallest absolute Gasteiger partial charge is 0.0727 e. The summed E-state index contributed by atoms with van der Waals surface area (Å²) < 4.78 is 11.7. The second kappa shape index (κ2) is 10.3. The summed E-state index contributed by atoms with van der Waals surface area (Å²) in [5.41, 5.74) is 2.48. The fourth-order valence-corrected chi connectivity index (χ4v) is 2.35. The van der Waals surface area contributed by atoms with E-state index in [0.717, 1.165) is 37.2 Å². The van der Waals surface area contributed by atoms with E-state index in [9.17, 15) is 0 Å². The standard InChI is InChI=1S/C16H26BrNO2/c1-13(2)10-18-11-14-5-6-15(16(17)9-14)12-20-8-4-7-19-3/h5-6,9,13,18H,4,7-8,10-12H2,1-3H3. The predicted molar refractivity (Wildman–Crippen MR) is 86.8 cm³/mol. The van der Waals surface area contributed by atoms with Crippen LogP contribution in [0.5, 0.6) is 0 Å². The maximum absolute atomic E-state index is 5.63. The molecule has 4 heteroatoms. The third-order valence-electron chi connectivity index (χ3n) is 2.89. The van der Waals surface area contributed by atoms with E-state index in [2.05, 4.69) is 53.3 Å². The number of benzene rings is 1. The van der Waals surface area contributed by atoms with Gasteiger partial charge in [0, 0.05) is 31.3 Å². The second-order valence-electron chi connectivity index (χ2n) is 5.35. The Morgan fingerprint density at radius 1 is 1.25 bits per heavy atom. The molecule has 1 rings (SSSR count). The summed E-state index contributed by atoms with van der Waals surface area (Å²) in [6.45, 7) is 8.51. The van der Waals surface area contributed by atoms with E-state index in [0.29, 0.717) is 12.5 Å². The first-order valence-corrected chi connectivity index (χ1v) is 7.97. The molecule has 0 saturated heterocycles. The average Bonchev–Trinajstić information content (AvgIpc) is 2.40. The Morgan fingerprint density at radius 2 is 2.05 bits per heavy atom. The van der Waals surface area contributed by atoms with E-state index in [-0.39, 0.29) is 0 Å². The largest absolute Gasteiger partial charge is 0.385 e. The molecule has 1 aromatic rings. The fraction of sp³-hybridized carbons (Fsp3) is 0.625. The summed E-state index contributed by atoms with van der Waals surface area (Å²) in [4.78, 5) is 0. The Bertz CT molecular complexity index is 383. The molecule has 1 N–H and O–H groups in total. The van der Waals surface area contributed by atoms with Gasteiger partial charge >= 0.3 is 0 Å². The van der Waals surface area contributed by atoms with Gasteiger partial charge in [-0.1, -0.05) is 41.9 Å². The van der Waals surface area contributed by atoms with E-state index in [1.54, 1.807) is 7.11 Å². The predicted octanol–water partition coefficient (Wildman–Crippen LogP) is 3.75. The van der Waals surface area contributed by atoms with Crippen LogP contribution in [0.15, 0.2) is 22.7 Å². The zero-order chi connectivity index (χ0) is 14.8. The quantitative estimate of drug-likeness (QED) is 0.656. The van der Waals surface area contributed by atoms with Gasteiger partial charge in [-0.25, -0.2) is 0 Å². The molecule has 0 spiro atoms. The maximum atomic E-state index is 5.63. The molecule has 0 aromatic heterocycles. The third kappa shape index (κ3) is 7.39. The van der Waals surface area contributed by atoms with Crippen molar-refractivity contribution >= 4 is 15.9 Å². The molecule has 0 heterocycles. The van der Waals surface area contributed by atoms with Gasteiger partial charge in [-0.05, 0) is 36.1 Å². The first-order chi connectivity index (χ1) is 9.63. The van der Waals surface area contributed by atoms with Crippen molar-refractivity contribution in [2.45, 2.75) is 33.4 Å². The summed E-state index contributed by atoms with van der Waals surface area (Å²) in [5, 5.41) is 3.45. The van der Waals surface area contributed by atoms with Crippen molar-refractivity contribution in [3.05, 3.63) is 33.8 Å². The molecule has 0 bridgehead atoms. The Hall–Kier alpha value is -0.420. The van der Waals surface area contributed by atoms with Gasteiger partial charge in [0.2, 0.25) is 0 Å². The van der Waals surface area contributed by atoms with Crippen LogP contribution in [0.25, 0.3) is 0 Å². The zero-order valence-corrected chi connectivity index (χ0v) is 14.3. The molecular weight excluding hydrogens is 318 g/mol. The molecule has 0 radical (unpaired) electrons. The SMILES string of the molecule is COCCCOCc1ccc(CNCC(C)C)cc1Br. The fourth-order valence-electron chi connectivity index (χ4n) is 1.81. The number of nitrogens with one attached hydrogen (secondary N) is 1. The molecule has 0 amide bonds. The molecule has 0 unspecified atom stereocenters. The summed E-state index contributed by atoms with van der Waals surface area (Å²) in [6.07, 6.45) is 0.936. The molecule has 0 aliphatic rings. The number of hydrogen-bond donors (Lipinski definition) is 1. The molecule has 0 aliphatic heterocycles. The van der Waals surface area contributed by atoms with E-state index in [4.69, 9.17) is 9.47 Å². The number of ether oxygens (including phenoxy) is 2. The molecule has 20 heavy (non-hydrogen) atoms. The summed E-state index contributed by atoms with van der Waals surface area (Å²) in [6, 6.07) is 6.46. The van der Waals surface area contributed by atoms with Crippen LogP contribution in [-0.4, -0.2) is 26.9 Å². The summed E-state index contributed by atoms with van der Waals surface area (Å²) in [5.74, 6) is 0.679. The van der Waals surface area contributed by atoms with Crippen LogP contribution in [-0.2, 0) is 22.6 Å². The lowest BCUT2D eigenvalue weighted by Gasteiger charge is -2.10. The van der Waals surface area contributed by atoms with Crippen molar-refractivity contribution < 1.29 is 9.47 Å². The Morgan fingerprint density at radius 3 is 2.70 bits per heavy atom. The Balaban J connectivity index is 2.35. The van der Waals surface area contributed by atoms with Crippen LogP contribution in [0.2, 0.25) is 0 Å². The number of halogens is 1. The molecule has 1 aromatic carbocycles. The van der Waals surface area contributed by atoms with Crippen molar-refractivity contribution in [3.8, 4) is 0 Å². The first-order valence-electron chi connectivity index (χ1n) is 7.18. The Kier molecular flexibility index (Phi) is 9.10. The second-order valence-corrected chi connectivity index (χ2v) is 6.20. The van der Waals surface area contributed by atoms with Crippen LogP contribution < -0.4 is 5.32 Å². The van der Waals surface area contributed by atoms with Gasteiger partial charge in [-0.3, -0.25) is 0 Å². The molecule has 114 valence electrons. The lowest BCUT2D eigenvalue weighted by molar-refractivity contribution is 0.0925. The van der Waals surface area contributed by atoms with Gasteiger partial charge in [-0.2, -0.15) is 0 Å². The zero-order valence-electron chi connectivity index (χ0n) is 12.7. The van der Waals surface area contributed by atoms with Gasteiger partial charge in [-0.15, -0.1) is 0 Å². The van der Waals surface area contributed by atoms with E-state index in [1.807, 2.05) is 0 Å². The minimum atomic E-state index is 0.643. The van der Waals surface area contributed by atoms with E-state index >= 15 is 0 Å². The number of methoxy groups -OCH3 is 1. The minimum Gasteiger partial charge on any atom is -0.385 e. The number of rotatable bonds is 10. The van der Waals surface area contributed by atoms with Gasteiger partial charge in [0.25, 0.3) is 0 Å². The minimum absolute atomic E-state index is 0.643. The molecule has 3 nitrogen and oxygen atoms in total. The van der Waals surface area contributed by atoms with Crippen LogP contribution >= 0.6 is 15.9 Å². The van der Waals surface area contributed by atoms with Crippen molar-refractivity contribution in [3.63, 3.8) is 0 Å². The Labute approximate surface area is 131 Å². The van der Waals surface area contributed by atoms with Gasteiger partial charge < -0.3 is 14.8 Å². The molecular formula is C16H26BrNO2.